The van der Waals surface area contributed by atoms with E-state index in [2.05, 4.69) is 15.6 Å². The predicted molar refractivity (Wildman–Crippen MR) is 212 cm³/mol. The predicted octanol–water partition coefficient (Wildman–Crippen LogP) is 6.76. The Kier molecular flexibility index (Phi) is 14.5. The van der Waals surface area contributed by atoms with Gasteiger partial charge in [0.1, 0.15) is 24.2 Å². The number of halogens is 3. The number of alkyl halides is 3. The molecule has 0 spiro atoms. The highest BCUT2D eigenvalue weighted by Crippen LogP contribution is 2.30. The number of para-hydroxylation sites is 2. The molecular weight excluding hydrogens is 768 g/mol. The molecule has 1 fully saturated rings. The molecule has 4 aromatic carbocycles. The molecule has 1 aliphatic rings. The van der Waals surface area contributed by atoms with Gasteiger partial charge in [-0.05, 0) is 79.6 Å². The maximum absolute atomic E-state index is 14.6. The molecule has 59 heavy (non-hydrogen) atoms. The van der Waals surface area contributed by atoms with Gasteiger partial charge in [-0.3, -0.25) is 14.4 Å². The molecule has 1 aromatic heterocycles. The number of benzene rings is 4. The maximum atomic E-state index is 14.6. The number of unbranched alkanes of at least 4 members (excludes halogenated alkanes) is 1. The Labute approximate surface area is 339 Å². The van der Waals surface area contributed by atoms with Crippen molar-refractivity contribution in [1.29, 1.82) is 0 Å². The van der Waals surface area contributed by atoms with Crippen molar-refractivity contribution in [3.05, 3.63) is 137 Å². The topological polar surface area (TPSA) is 166 Å². The van der Waals surface area contributed by atoms with Crippen LogP contribution >= 0.6 is 0 Å². The fourth-order valence-electron chi connectivity index (χ4n) is 6.89. The summed E-state index contributed by atoms with van der Waals surface area (Å²) in [5, 5.41) is 5.55. The number of likely N-dealkylation sites (tertiary alicyclic amines) is 1. The zero-order valence-electron chi connectivity index (χ0n) is 32.2. The summed E-state index contributed by atoms with van der Waals surface area (Å²) in [4.78, 5) is 61.6. The lowest BCUT2D eigenvalue weighted by Crippen LogP contribution is -2.55. The molecule has 0 saturated carbocycles. The van der Waals surface area contributed by atoms with Crippen molar-refractivity contribution in [2.45, 2.75) is 82.1 Å². The first kappa shape index (κ1) is 42.5. The van der Waals surface area contributed by atoms with Gasteiger partial charge < -0.3 is 35.2 Å². The van der Waals surface area contributed by atoms with E-state index in [-0.39, 0.29) is 44.9 Å². The quantitative estimate of drug-likeness (QED) is 0.0641. The van der Waals surface area contributed by atoms with Gasteiger partial charge in [-0.1, -0.05) is 84.9 Å². The summed E-state index contributed by atoms with van der Waals surface area (Å²) in [5.74, 6) is -1.96. The number of nitrogens with one attached hydrogen (secondary N) is 2. The van der Waals surface area contributed by atoms with Gasteiger partial charge >= 0.3 is 12.3 Å². The lowest BCUT2D eigenvalue weighted by atomic mass is 10.0. The van der Waals surface area contributed by atoms with Gasteiger partial charge in [0.15, 0.2) is 5.58 Å². The number of nitrogens with two attached hydrogens (primary N) is 1. The number of hydrogen-bond donors (Lipinski definition) is 3. The Morgan fingerprint density at radius 1 is 0.797 bits per heavy atom. The number of fused-ring (bicyclic) bond motifs is 1. The number of nitrogens with zero attached hydrogens (tertiary/aromatic N) is 2. The van der Waals surface area contributed by atoms with E-state index >= 15 is 0 Å². The molecule has 0 unspecified atom stereocenters. The van der Waals surface area contributed by atoms with E-state index in [0.717, 1.165) is 23.3 Å². The fourth-order valence-corrected chi connectivity index (χ4v) is 6.89. The highest BCUT2D eigenvalue weighted by Gasteiger charge is 2.44. The molecule has 4 atom stereocenters. The third-order valence-corrected chi connectivity index (χ3v) is 10.1. The van der Waals surface area contributed by atoms with Crippen LogP contribution in [0.4, 0.5) is 18.0 Å². The Morgan fingerprint density at radius 3 is 2.14 bits per heavy atom. The summed E-state index contributed by atoms with van der Waals surface area (Å²) >= 11 is 0. The summed E-state index contributed by atoms with van der Waals surface area (Å²) in [6.07, 6.45) is -4.24. The number of hydrogen-bond acceptors (Lipinski definition) is 9. The maximum Gasteiger partial charge on any atom is 0.416 e. The SMILES string of the molecule is NCCCC[C@H](NC(=O)[C@@H]1C[C@@H](OCc2ccc(C(F)(F)F)cc2)CN1C(=O)[C@@H](CCc1ccccc1)NC(=O)OCc1ccccc1)C(=O)c1nc2ccccc2o1. The molecule has 1 aliphatic heterocycles. The van der Waals surface area contributed by atoms with Gasteiger partial charge in [0.25, 0.3) is 5.89 Å². The minimum absolute atomic E-state index is 0.00529. The van der Waals surface area contributed by atoms with Crippen LogP contribution in [-0.4, -0.2) is 70.9 Å². The molecule has 0 bridgehead atoms. The van der Waals surface area contributed by atoms with Crippen molar-refractivity contribution in [2.24, 2.45) is 5.73 Å². The van der Waals surface area contributed by atoms with Gasteiger partial charge in [-0.25, -0.2) is 9.78 Å². The molecule has 1 saturated heterocycles. The largest absolute Gasteiger partial charge is 0.445 e. The first-order valence-electron chi connectivity index (χ1n) is 19.5. The van der Waals surface area contributed by atoms with Gasteiger partial charge in [-0.2, -0.15) is 13.2 Å². The van der Waals surface area contributed by atoms with Crippen molar-refractivity contribution in [3.8, 4) is 0 Å². The van der Waals surface area contributed by atoms with E-state index in [1.165, 1.54) is 17.0 Å². The van der Waals surface area contributed by atoms with E-state index in [0.29, 0.717) is 42.5 Å². The van der Waals surface area contributed by atoms with Crippen LogP contribution in [0.15, 0.2) is 114 Å². The molecule has 6 rings (SSSR count). The standard InChI is InChI=1S/C44H46F3N5O7/c45-44(46,47)32-21-18-31(19-22-32)27-57-33-25-37(40(54)49-35(16-9-10-24-48)39(53)41-50-34-15-7-8-17-38(34)59-41)52(26-33)42(55)36(23-20-29-11-3-1-4-12-29)51-43(56)58-28-30-13-5-2-6-14-30/h1-8,11-15,17-19,21-22,33,35-37H,9-10,16,20,23-28,48H2,(H,49,54)(H,51,56)/t33-,35+,36-,37+/m1/s1. The van der Waals surface area contributed by atoms with Crippen LogP contribution in [0, 0.1) is 0 Å². The monoisotopic (exact) mass is 813 g/mol. The van der Waals surface area contributed by atoms with Crippen LogP contribution in [0.1, 0.15) is 65.0 Å². The van der Waals surface area contributed by atoms with Crippen molar-refractivity contribution < 1.29 is 46.2 Å². The molecular formula is C44H46F3N5O7. The number of alkyl carbamates (subject to hydrolysis) is 1. The number of carbonyl (C=O) groups is 4. The Balaban J connectivity index is 1.24. The van der Waals surface area contributed by atoms with E-state index in [4.69, 9.17) is 19.6 Å². The second-order valence-corrected chi connectivity index (χ2v) is 14.3. The second kappa shape index (κ2) is 20.1. The highest BCUT2D eigenvalue weighted by atomic mass is 19.4. The zero-order valence-corrected chi connectivity index (χ0v) is 32.2. The Hall–Kier alpha value is -6.06. The van der Waals surface area contributed by atoms with Crippen LogP contribution in [0.25, 0.3) is 11.1 Å². The van der Waals surface area contributed by atoms with Crippen molar-refractivity contribution >= 4 is 34.8 Å². The summed E-state index contributed by atoms with van der Waals surface area (Å²) in [6, 6.07) is 26.4. The average molecular weight is 814 g/mol. The number of Topliss-reactive ketones (excluding diaryl/α,β-unsaturated/α-hetero) is 1. The Bertz CT molecular complexity index is 2130. The zero-order chi connectivity index (χ0) is 41.8. The molecule has 5 aromatic rings. The fraction of sp³-hybridized carbons (Fsp3) is 0.341. The minimum atomic E-state index is -4.50. The van der Waals surface area contributed by atoms with Crippen molar-refractivity contribution in [2.75, 3.05) is 13.1 Å². The van der Waals surface area contributed by atoms with Crippen LogP contribution < -0.4 is 16.4 Å². The number of ketones is 1. The van der Waals surface area contributed by atoms with E-state index in [1.807, 2.05) is 36.4 Å². The van der Waals surface area contributed by atoms with Gasteiger partial charge in [0.2, 0.25) is 17.6 Å². The van der Waals surface area contributed by atoms with Crippen molar-refractivity contribution in [1.82, 2.24) is 20.5 Å². The number of ether oxygens (including phenoxy) is 2. The normalized spacial score (nSPS) is 16.4. The number of carbonyl (C=O) groups excluding carboxylic acids is 4. The third-order valence-electron chi connectivity index (χ3n) is 10.1. The first-order chi connectivity index (χ1) is 28.5. The summed E-state index contributed by atoms with van der Waals surface area (Å²) in [5.41, 5.74) is 7.92. The molecule has 2 heterocycles. The number of amides is 3. The average Bonchev–Trinajstić information content (AvgIpc) is 3.89. The first-order valence-corrected chi connectivity index (χ1v) is 19.5. The molecule has 0 radical (unpaired) electrons. The Morgan fingerprint density at radius 2 is 1.46 bits per heavy atom. The van der Waals surface area contributed by atoms with Gasteiger partial charge in [0.05, 0.1) is 24.3 Å². The summed E-state index contributed by atoms with van der Waals surface area (Å²) in [6.45, 7) is 0.141. The number of aromatic nitrogens is 1. The molecule has 0 aliphatic carbocycles. The minimum Gasteiger partial charge on any atom is -0.445 e. The lowest BCUT2D eigenvalue weighted by Gasteiger charge is -2.29. The van der Waals surface area contributed by atoms with E-state index in [9.17, 15) is 32.3 Å². The van der Waals surface area contributed by atoms with Crippen molar-refractivity contribution in [3.63, 3.8) is 0 Å². The van der Waals surface area contributed by atoms with E-state index in [1.54, 1.807) is 48.5 Å². The molecule has 3 amide bonds. The van der Waals surface area contributed by atoms with Crippen LogP contribution in [-0.2, 0) is 44.9 Å². The lowest BCUT2D eigenvalue weighted by molar-refractivity contribution is -0.140. The van der Waals surface area contributed by atoms with Crippen LogP contribution in [0.5, 0.6) is 0 Å². The third kappa shape index (κ3) is 11.8. The van der Waals surface area contributed by atoms with Crippen LogP contribution in [0.3, 0.4) is 0 Å². The number of oxazole rings is 1. The number of aryl methyl sites for hydroxylation is 1. The highest BCUT2D eigenvalue weighted by molar-refractivity contribution is 6.01. The van der Waals surface area contributed by atoms with E-state index < -0.39 is 59.7 Å². The van der Waals surface area contributed by atoms with Gasteiger partial charge in [0, 0.05) is 13.0 Å². The molecule has 12 nitrogen and oxygen atoms in total. The second-order valence-electron chi connectivity index (χ2n) is 14.3. The molecule has 15 heteroatoms. The van der Waals surface area contributed by atoms with Gasteiger partial charge in [-0.15, -0.1) is 0 Å². The number of rotatable bonds is 18. The molecule has 310 valence electrons. The summed E-state index contributed by atoms with van der Waals surface area (Å²) in [7, 11) is 0. The van der Waals surface area contributed by atoms with Crippen LogP contribution in [0.2, 0.25) is 0 Å². The smallest absolute Gasteiger partial charge is 0.416 e. The molecule has 4 N–H and O–H groups in total. The summed E-state index contributed by atoms with van der Waals surface area (Å²) < 4.78 is 56.9.